The molecule has 0 radical (unpaired) electrons. The summed E-state index contributed by atoms with van der Waals surface area (Å²) in [6.45, 7) is 3.28. The maximum absolute atomic E-state index is 12.8. The van der Waals surface area contributed by atoms with Crippen LogP contribution in [0.5, 0.6) is 0 Å². The fourth-order valence-electron chi connectivity index (χ4n) is 2.79. The molecule has 2 N–H and O–H groups in total. The van der Waals surface area contributed by atoms with Crippen molar-refractivity contribution in [3.8, 4) is 0 Å². The number of H-pyrrole nitrogens is 1. The maximum Gasteiger partial charge on any atom is 0.416 e. The number of aromatic amines is 1. The second kappa shape index (κ2) is 6.53. The molecule has 1 amide bonds. The first-order valence-corrected chi connectivity index (χ1v) is 8.02. The van der Waals surface area contributed by atoms with E-state index in [1.54, 1.807) is 13.8 Å². The minimum atomic E-state index is -4.43. The number of nitrogens with zero attached hydrogens (tertiary/aromatic N) is 3. The molecule has 27 heavy (non-hydrogen) atoms. The number of hydrogen-bond acceptors (Lipinski definition) is 4. The van der Waals surface area contributed by atoms with Crippen LogP contribution in [0.4, 0.5) is 13.2 Å². The molecule has 10 heteroatoms. The van der Waals surface area contributed by atoms with Crippen molar-refractivity contribution < 1.29 is 18.0 Å². The lowest BCUT2D eigenvalue weighted by Crippen LogP contribution is -2.21. The van der Waals surface area contributed by atoms with Crippen molar-refractivity contribution in [1.82, 2.24) is 25.1 Å². The summed E-state index contributed by atoms with van der Waals surface area (Å²) in [6, 6.07) is 4.06. The van der Waals surface area contributed by atoms with Gasteiger partial charge in [-0.2, -0.15) is 18.3 Å². The first-order chi connectivity index (χ1) is 12.6. The SMILES string of the molecule is CNC(=O)c1nn(C(C)c2ccc(C(F)(F)F)cc2)c2nc(C)[nH]c(=O)c12. The number of amides is 1. The molecule has 0 aliphatic rings. The minimum Gasteiger partial charge on any atom is -0.354 e. The van der Waals surface area contributed by atoms with E-state index in [1.807, 2.05) is 0 Å². The van der Waals surface area contributed by atoms with Crippen LogP contribution in [0.15, 0.2) is 29.1 Å². The van der Waals surface area contributed by atoms with Crippen molar-refractivity contribution in [2.24, 2.45) is 0 Å². The molecule has 0 aliphatic carbocycles. The zero-order valence-corrected chi connectivity index (χ0v) is 14.7. The van der Waals surface area contributed by atoms with Crippen molar-refractivity contribution in [2.75, 3.05) is 7.05 Å². The van der Waals surface area contributed by atoms with Gasteiger partial charge in [0.1, 0.15) is 11.2 Å². The van der Waals surface area contributed by atoms with Gasteiger partial charge in [-0.25, -0.2) is 9.67 Å². The first kappa shape index (κ1) is 18.6. The largest absolute Gasteiger partial charge is 0.416 e. The fourth-order valence-corrected chi connectivity index (χ4v) is 2.79. The van der Waals surface area contributed by atoms with Crippen molar-refractivity contribution in [3.63, 3.8) is 0 Å². The highest BCUT2D eigenvalue weighted by Crippen LogP contribution is 2.31. The summed E-state index contributed by atoms with van der Waals surface area (Å²) in [5.74, 6) is -0.230. The van der Waals surface area contributed by atoms with Gasteiger partial charge in [0.2, 0.25) is 0 Å². The van der Waals surface area contributed by atoms with E-state index >= 15 is 0 Å². The summed E-state index contributed by atoms with van der Waals surface area (Å²) in [6.07, 6.45) is -4.43. The van der Waals surface area contributed by atoms with Crippen molar-refractivity contribution in [2.45, 2.75) is 26.1 Å². The van der Waals surface area contributed by atoms with Gasteiger partial charge in [0, 0.05) is 7.05 Å². The first-order valence-electron chi connectivity index (χ1n) is 8.02. The second-order valence-electron chi connectivity index (χ2n) is 6.02. The molecule has 0 bridgehead atoms. The Kier molecular flexibility index (Phi) is 4.50. The number of rotatable bonds is 3. The number of halogens is 3. The van der Waals surface area contributed by atoms with Gasteiger partial charge in [0.05, 0.1) is 11.6 Å². The number of aryl methyl sites for hydroxylation is 1. The van der Waals surface area contributed by atoms with E-state index in [2.05, 4.69) is 20.4 Å². The highest BCUT2D eigenvalue weighted by molar-refractivity contribution is 6.03. The predicted molar refractivity (Wildman–Crippen MR) is 91.5 cm³/mol. The Bertz CT molecular complexity index is 1070. The van der Waals surface area contributed by atoms with E-state index in [-0.39, 0.29) is 16.7 Å². The van der Waals surface area contributed by atoms with Gasteiger partial charge in [-0.15, -0.1) is 0 Å². The topological polar surface area (TPSA) is 92.7 Å². The molecule has 0 spiro atoms. The Morgan fingerprint density at radius 2 is 1.89 bits per heavy atom. The molecular formula is C17H16F3N5O2. The number of carbonyl (C=O) groups is 1. The summed E-state index contributed by atoms with van der Waals surface area (Å²) >= 11 is 0. The summed E-state index contributed by atoms with van der Waals surface area (Å²) in [5.41, 5.74) is -0.667. The molecule has 0 fully saturated rings. The van der Waals surface area contributed by atoms with E-state index < -0.39 is 29.2 Å². The van der Waals surface area contributed by atoms with E-state index in [9.17, 15) is 22.8 Å². The lowest BCUT2D eigenvalue weighted by molar-refractivity contribution is -0.137. The zero-order valence-electron chi connectivity index (χ0n) is 14.7. The normalized spacial score (nSPS) is 13.0. The maximum atomic E-state index is 12.8. The summed E-state index contributed by atoms with van der Waals surface area (Å²) < 4.78 is 39.7. The second-order valence-corrected chi connectivity index (χ2v) is 6.02. The number of aromatic nitrogens is 4. The van der Waals surface area contributed by atoms with E-state index in [4.69, 9.17) is 0 Å². The Balaban J connectivity index is 2.16. The highest BCUT2D eigenvalue weighted by Gasteiger charge is 2.30. The van der Waals surface area contributed by atoms with E-state index in [0.717, 1.165) is 12.1 Å². The number of nitrogens with one attached hydrogen (secondary N) is 2. The molecule has 142 valence electrons. The smallest absolute Gasteiger partial charge is 0.354 e. The molecule has 2 aromatic heterocycles. The number of fused-ring (bicyclic) bond motifs is 1. The summed E-state index contributed by atoms with van der Waals surface area (Å²) in [7, 11) is 1.41. The minimum absolute atomic E-state index is 0.0266. The van der Waals surface area contributed by atoms with E-state index in [0.29, 0.717) is 11.4 Å². The average molecular weight is 379 g/mol. The molecule has 0 saturated carbocycles. The highest BCUT2D eigenvalue weighted by atomic mass is 19.4. The van der Waals surface area contributed by atoms with Gasteiger partial charge in [-0.3, -0.25) is 9.59 Å². The number of hydrogen-bond donors (Lipinski definition) is 2. The van der Waals surface area contributed by atoms with Crippen LogP contribution in [-0.4, -0.2) is 32.7 Å². The monoisotopic (exact) mass is 379 g/mol. The predicted octanol–water partition coefficient (Wildman–Crippen LogP) is 2.42. The number of benzene rings is 1. The molecule has 3 rings (SSSR count). The van der Waals surface area contributed by atoms with Crippen LogP contribution in [-0.2, 0) is 6.18 Å². The number of alkyl halides is 3. The molecule has 1 unspecified atom stereocenters. The van der Waals surface area contributed by atoms with Crippen molar-refractivity contribution in [3.05, 3.63) is 57.3 Å². The third kappa shape index (κ3) is 3.29. The lowest BCUT2D eigenvalue weighted by atomic mass is 10.1. The van der Waals surface area contributed by atoms with Crippen molar-refractivity contribution >= 4 is 16.9 Å². The molecule has 1 atom stereocenters. The lowest BCUT2D eigenvalue weighted by Gasteiger charge is -2.15. The summed E-state index contributed by atoms with van der Waals surface area (Å²) in [5, 5.41) is 6.65. The van der Waals surface area contributed by atoms with Crippen LogP contribution in [0.2, 0.25) is 0 Å². The van der Waals surface area contributed by atoms with Gasteiger partial charge in [-0.05, 0) is 31.5 Å². The standard InChI is InChI=1S/C17H16F3N5O2/c1-8(10-4-6-11(7-5-10)17(18,19)20)25-14-12(13(24-25)16(27)21-3)15(26)23-9(2)22-14/h4-8H,1-3H3,(H,21,27)(H,22,23,26). The van der Waals surface area contributed by atoms with E-state index in [1.165, 1.54) is 23.9 Å². The van der Waals surface area contributed by atoms with Crippen LogP contribution in [0.3, 0.4) is 0 Å². The van der Waals surface area contributed by atoms with Gasteiger partial charge < -0.3 is 10.3 Å². The number of carbonyl (C=O) groups excluding carboxylic acids is 1. The molecule has 7 nitrogen and oxygen atoms in total. The third-order valence-electron chi connectivity index (χ3n) is 4.21. The molecule has 0 saturated heterocycles. The van der Waals surface area contributed by atoms with Crippen LogP contribution in [0.1, 0.15) is 40.4 Å². The molecular weight excluding hydrogens is 363 g/mol. The van der Waals surface area contributed by atoms with Crippen molar-refractivity contribution in [1.29, 1.82) is 0 Å². The van der Waals surface area contributed by atoms with Gasteiger partial charge in [0.25, 0.3) is 11.5 Å². The molecule has 1 aromatic carbocycles. The van der Waals surface area contributed by atoms with Gasteiger partial charge in [0.15, 0.2) is 11.3 Å². The Morgan fingerprint density at radius 1 is 1.26 bits per heavy atom. The quantitative estimate of drug-likeness (QED) is 0.731. The van der Waals surface area contributed by atoms with Crippen LogP contribution >= 0.6 is 0 Å². The Labute approximate surface area is 151 Å². The summed E-state index contributed by atoms with van der Waals surface area (Å²) in [4.78, 5) is 31.2. The Morgan fingerprint density at radius 3 is 2.44 bits per heavy atom. The molecule has 2 heterocycles. The average Bonchev–Trinajstić information content (AvgIpc) is 2.99. The van der Waals surface area contributed by atoms with Crippen LogP contribution in [0.25, 0.3) is 11.0 Å². The van der Waals surface area contributed by atoms with Crippen LogP contribution < -0.4 is 10.9 Å². The molecule has 3 aromatic rings. The van der Waals surface area contributed by atoms with Crippen LogP contribution in [0, 0.1) is 6.92 Å². The fraction of sp³-hybridized carbons (Fsp3) is 0.294. The zero-order chi connectivity index (χ0) is 19.9. The molecule has 0 aliphatic heterocycles. The third-order valence-corrected chi connectivity index (χ3v) is 4.21. The van der Waals surface area contributed by atoms with Gasteiger partial charge in [-0.1, -0.05) is 12.1 Å². The van der Waals surface area contributed by atoms with Gasteiger partial charge >= 0.3 is 6.18 Å². The Hall–Kier alpha value is -3.17.